The highest BCUT2D eigenvalue weighted by molar-refractivity contribution is 5.93. The van der Waals surface area contributed by atoms with Crippen LogP contribution in [0.4, 0.5) is 5.69 Å². The third-order valence-corrected chi connectivity index (χ3v) is 4.70. The van der Waals surface area contributed by atoms with Crippen molar-refractivity contribution in [1.29, 1.82) is 0 Å². The Labute approximate surface area is 153 Å². The second kappa shape index (κ2) is 7.95. The van der Waals surface area contributed by atoms with E-state index in [2.05, 4.69) is 22.9 Å². The zero-order chi connectivity index (χ0) is 18.5. The Morgan fingerprint density at radius 1 is 1.42 bits per heavy atom. The van der Waals surface area contributed by atoms with Gasteiger partial charge in [-0.2, -0.15) is 0 Å². The van der Waals surface area contributed by atoms with E-state index in [0.717, 1.165) is 36.2 Å². The predicted octanol–water partition coefficient (Wildman–Crippen LogP) is 4.30. The molecule has 0 radical (unpaired) electrons. The fraction of sp³-hybridized carbons (Fsp3) is 0.286. The van der Waals surface area contributed by atoms with Crippen LogP contribution >= 0.6 is 0 Å². The lowest BCUT2D eigenvalue weighted by atomic mass is 9.85. The van der Waals surface area contributed by atoms with E-state index in [1.807, 2.05) is 25.1 Å². The first-order valence-corrected chi connectivity index (χ1v) is 8.83. The van der Waals surface area contributed by atoms with Crippen LogP contribution in [-0.2, 0) is 6.42 Å². The molecule has 2 aromatic rings. The van der Waals surface area contributed by atoms with Gasteiger partial charge in [-0.1, -0.05) is 24.8 Å². The highest BCUT2D eigenvalue weighted by Gasteiger charge is 2.22. The second-order valence-corrected chi connectivity index (χ2v) is 6.45. The summed E-state index contributed by atoms with van der Waals surface area (Å²) in [5.74, 6) is -0.648. The molecule has 26 heavy (non-hydrogen) atoms. The number of aryl methyl sites for hydroxylation is 1. The van der Waals surface area contributed by atoms with Crippen LogP contribution in [0.5, 0.6) is 0 Å². The maximum atomic E-state index is 11.3. The van der Waals surface area contributed by atoms with Gasteiger partial charge in [0.2, 0.25) is 0 Å². The quantitative estimate of drug-likeness (QED) is 0.761. The lowest BCUT2D eigenvalue weighted by molar-refractivity contribution is 0.0698. The molecular weight excluding hydrogens is 326 g/mol. The minimum Gasteiger partial charge on any atom is -0.478 e. The van der Waals surface area contributed by atoms with Crippen molar-refractivity contribution in [3.63, 3.8) is 0 Å². The maximum Gasteiger partial charge on any atom is 0.337 e. The SMILES string of the molecule is C=C(/C=C\C)c1ccc2c(n1)CCCC2CNc1cnccc1C(=O)O. The van der Waals surface area contributed by atoms with E-state index in [1.54, 1.807) is 6.20 Å². The fourth-order valence-electron chi connectivity index (χ4n) is 3.39. The number of anilines is 1. The van der Waals surface area contributed by atoms with Crippen molar-refractivity contribution in [2.24, 2.45) is 0 Å². The topological polar surface area (TPSA) is 75.1 Å². The number of nitrogens with zero attached hydrogens (tertiary/aromatic N) is 2. The Morgan fingerprint density at radius 2 is 2.27 bits per heavy atom. The molecule has 0 fully saturated rings. The van der Waals surface area contributed by atoms with Gasteiger partial charge < -0.3 is 10.4 Å². The third-order valence-electron chi connectivity index (χ3n) is 4.70. The number of carboxylic acid groups (broad SMARTS) is 1. The number of fused-ring (bicyclic) bond motifs is 1. The summed E-state index contributed by atoms with van der Waals surface area (Å²) in [6.07, 6.45) is 10.1. The van der Waals surface area contributed by atoms with E-state index in [-0.39, 0.29) is 5.56 Å². The summed E-state index contributed by atoms with van der Waals surface area (Å²) in [5, 5.41) is 12.6. The van der Waals surface area contributed by atoms with Crippen LogP contribution in [0.2, 0.25) is 0 Å². The molecule has 0 aliphatic heterocycles. The number of carboxylic acids is 1. The lowest BCUT2D eigenvalue weighted by Gasteiger charge is -2.26. The highest BCUT2D eigenvalue weighted by atomic mass is 16.4. The van der Waals surface area contributed by atoms with Crippen molar-refractivity contribution < 1.29 is 9.90 Å². The number of allylic oxidation sites excluding steroid dienone is 3. The van der Waals surface area contributed by atoms with E-state index >= 15 is 0 Å². The predicted molar refractivity (Wildman–Crippen MR) is 103 cm³/mol. The molecule has 0 saturated heterocycles. The van der Waals surface area contributed by atoms with Crippen LogP contribution in [0.3, 0.4) is 0 Å². The summed E-state index contributed by atoms with van der Waals surface area (Å²) < 4.78 is 0. The van der Waals surface area contributed by atoms with Crippen LogP contribution in [0.25, 0.3) is 5.57 Å². The average molecular weight is 349 g/mol. The summed E-state index contributed by atoms with van der Waals surface area (Å²) in [7, 11) is 0. The van der Waals surface area contributed by atoms with Crippen molar-refractivity contribution in [3.05, 3.63) is 71.8 Å². The van der Waals surface area contributed by atoms with Gasteiger partial charge in [0.25, 0.3) is 0 Å². The van der Waals surface area contributed by atoms with Crippen molar-refractivity contribution in [2.75, 3.05) is 11.9 Å². The third kappa shape index (κ3) is 3.82. The molecule has 1 atom stereocenters. The van der Waals surface area contributed by atoms with Gasteiger partial charge in [0.15, 0.2) is 0 Å². The van der Waals surface area contributed by atoms with Gasteiger partial charge in [0.05, 0.1) is 23.1 Å². The van der Waals surface area contributed by atoms with Gasteiger partial charge >= 0.3 is 5.97 Å². The molecule has 1 aliphatic carbocycles. The number of aromatic nitrogens is 2. The van der Waals surface area contributed by atoms with E-state index in [9.17, 15) is 9.90 Å². The lowest BCUT2D eigenvalue weighted by Crippen LogP contribution is -2.20. The zero-order valence-electron chi connectivity index (χ0n) is 14.9. The molecule has 0 amide bonds. The standard InChI is InChI=1S/C21H23N3O2/c1-3-5-14(2)18-9-8-16-15(6-4-7-19(16)24-18)12-23-20-13-22-11-10-17(20)21(25)26/h3,5,8-11,13,15,23H,2,4,6-7,12H2,1H3,(H,25,26)/b5-3-. The zero-order valence-corrected chi connectivity index (χ0v) is 14.9. The van der Waals surface area contributed by atoms with Gasteiger partial charge in [-0.15, -0.1) is 0 Å². The number of nitrogens with one attached hydrogen (secondary N) is 1. The van der Waals surface area contributed by atoms with E-state index in [1.165, 1.54) is 17.8 Å². The minimum absolute atomic E-state index is 0.243. The monoisotopic (exact) mass is 349 g/mol. The van der Waals surface area contributed by atoms with Crippen molar-refractivity contribution in [1.82, 2.24) is 9.97 Å². The van der Waals surface area contributed by atoms with Gasteiger partial charge in [-0.05, 0) is 49.5 Å². The van der Waals surface area contributed by atoms with Crippen LogP contribution in [-0.4, -0.2) is 27.6 Å². The van der Waals surface area contributed by atoms with Crippen LogP contribution in [0.1, 0.15) is 53.0 Å². The Morgan fingerprint density at radius 3 is 3.04 bits per heavy atom. The molecule has 1 unspecified atom stereocenters. The Balaban J connectivity index is 1.78. The highest BCUT2D eigenvalue weighted by Crippen LogP contribution is 2.32. The molecular formula is C21H23N3O2. The normalized spacial score (nSPS) is 16.3. The Bertz CT molecular complexity index is 858. The Kier molecular flexibility index (Phi) is 5.46. The molecule has 5 heteroatoms. The first-order valence-electron chi connectivity index (χ1n) is 8.83. The number of pyridine rings is 2. The number of rotatable bonds is 6. The van der Waals surface area contributed by atoms with Gasteiger partial charge in [-0.25, -0.2) is 4.79 Å². The first-order chi connectivity index (χ1) is 12.6. The molecule has 2 heterocycles. The van der Waals surface area contributed by atoms with Crippen molar-refractivity contribution in [3.8, 4) is 0 Å². The van der Waals surface area contributed by atoms with Gasteiger partial charge in [0.1, 0.15) is 0 Å². The van der Waals surface area contributed by atoms with E-state index in [0.29, 0.717) is 18.2 Å². The molecule has 3 rings (SSSR count). The molecule has 134 valence electrons. The number of hydrogen-bond acceptors (Lipinski definition) is 4. The smallest absolute Gasteiger partial charge is 0.337 e. The van der Waals surface area contributed by atoms with Crippen LogP contribution < -0.4 is 5.32 Å². The number of hydrogen-bond donors (Lipinski definition) is 2. The average Bonchev–Trinajstić information content (AvgIpc) is 2.66. The fourth-order valence-corrected chi connectivity index (χ4v) is 3.39. The summed E-state index contributed by atoms with van der Waals surface area (Å²) >= 11 is 0. The van der Waals surface area contributed by atoms with Crippen molar-refractivity contribution >= 4 is 17.2 Å². The molecule has 0 aromatic carbocycles. The first kappa shape index (κ1) is 17.9. The minimum atomic E-state index is -0.951. The molecule has 1 aliphatic rings. The van der Waals surface area contributed by atoms with Crippen LogP contribution in [0, 0.1) is 0 Å². The van der Waals surface area contributed by atoms with E-state index < -0.39 is 5.97 Å². The number of carbonyl (C=O) groups is 1. The Hall–Kier alpha value is -2.95. The summed E-state index contributed by atoms with van der Waals surface area (Å²) in [4.78, 5) is 20.2. The number of aromatic carboxylic acids is 1. The molecule has 2 aromatic heterocycles. The molecule has 2 N–H and O–H groups in total. The second-order valence-electron chi connectivity index (χ2n) is 6.45. The summed E-state index contributed by atoms with van der Waals surface area (Å²) in [6, 6.07) is 5.67. The maximum absolute atomic E-state index is 11.3. The van der Waals surface area contributed by atoms with E-state index in [4.69, 9.17) is 4.98 Å². The van der Waals surface area contributed by atoms with Crippen molar-refractivity contribution in [2.45, 2.75) is 32.1 Å². The molecule has 0 spiro atoms. The molecule has 0 saturated carbocycles. The molecule has 0 bridgehead atoms. The largest absolute Gasteiger partial charge is 0.478 e. The van der Waals surface area contributed by atoms with Gasteiger partial charge in [0, 0.05) is 24.4 Å². The van der Waals surface area contributed by atoms with Gasteiger partial charge in [-0.3, -0.25) is 9.97 Å². The summed E-state index contributed by atoms with van der Waals surface area (Å²) in [6.45, 7) is 6.69. The summed E-state index contributed by atoms with van der Waals surface area (Å²) in [5.41, 5.74) is 4.98. The molecule has 5 nitrogen and oxygen atoms in total. The van der Waals surface area contributed by atoms with Crippen LogP contribution in [0.15, 0.2) is 49.3 Å².